The number of fused-ring (bicyclic) bond motifs is 1. The second kappa shape index (κ2) is 2.61. The van der Waals surface area contributed by atoms with Gasteiger partial charge in [-0.15, -0.1) is 0 Å². The molecular formula is C9H12O2. The lowest BCUT2D eigenvalue weighted by Crippen LogP contribution is -2.23. The van der Waals surface area contributed by atoms with Gasteiger partial charge < -0.3 is 9.47 Å². The first kappa shape index (κ1) is 6.77. The molecule has 2 heteroatoms. The summed E-state index contributed by atoms with van der Waals surface area (Å²) in [6.45, 7) is 2.70. The fourth-order valence-electron chi connectivity index (χ4n) is 1.32. The monoisotopic (exact) mass is 152 g/mol. The maximum atomic E-state index is 5.56. The van der Waals surface area contributed by atoms with Crippen LogP contribution in [-0.4, -0.2) is 12.7 Å². The highest BCUT2D eigenvalue weighted by Crippen LogP contribution is 2.26. The van der Waals surface area contributed by atoms with Crippen molar-refractivity contribution in [2.24, 2.45) is 0 Å². The van der Waals surface area contributed by atoms with Crippen molar-refractivity contribution in [1.82, 2.24) is 0 Å². The summed E-state index contributed by atoms with van der Waals surface area (Å²) in [5, 5.41) is 0. The minimum absolute atomic E-state index is 0.205. The lowest BCUT2D eigenvalue weighted by atomic mass is 10.1. The van der Waals surface area contributed by atoms with Crippen LogP contribution in [0.1, 0.15) is 19.8 Å². The van der Waals surface area contributed by atoms with Gasteiger partial charge in [-0.2, -0.15) is 0 Å². The molecule has 11 heavy (non-hydrogen) atoms. The molecular weight excluding hydrogens is 140 g/mol. The van der Waals surface area contributed by atoms with Gasteiger partial charge in [-0.3, -0.25) is 0 Å². The van der Waals surface area contributed by atoms with Crippen LogP contribution in [0.2, 0.25) is 0 Å². The van der Waals surface area contributed by atoms with E-state index in [9.17, 15) is 0 Å². The highest BCUT2D eigenvalue weighted by atomic mass is 16.6. The van der Waals surface area contributed by atoms with Crippen LogP contribution in [0.4, 0.5) is 0 Å². The molecule has 1 fully saturated rings. The van der Waals surface area contributed by atoms with Crippen molar-refractivity contribution in [3.05, 3.63) is 23.7 Å². The molecule has 1 saturated heterocycles. The Balaban J connectivity index is 2.16. The lowest BCUT2D eigenvalue weighted by Gasteiger charge is -2.27. The van der Waals surface area contributed by atoms with Crippen LogP contribution in [0, 0.1) is 0 Å². The SMILES string of the molecule is C[C@H]1COC2=CCCC=C2O1. The van der Waals surface area contributed by atoms with E-state index in [1.54, 1.807) is 0 Å². The molecule has 0 N–H and O–H groups in total. The lowest BCUT2D eigenvalue weighted by molar-refractivity contribution is 0.00135. The summed E-state index contributed by atoms with van der Waals surface area (Å²) in [4.78, 5) is 0. The number of hydrogen-bond acceptors (Lipinski definition) is 2. The van der Waals surface area contributed by atoms with Crippen molar-refractivity contribution >= 4 is 0 Å². The van der Waals surface area contributed by atoms with Gasteiger partial charge in [-0.05, 0) is 31.9 Å². The first-order chi connectivity index (χ1) is 5.36. The molecule has 1 atom stereocenters. The Hall–Kier alpha value is -0.920. The van der Waals surface area contributed by atoms with Crippen molar-refractivity contribution in [2.75, 3.05) is 6.61 Å². The summed E-state index contributed by atoms with van der Waals surface area (Å²) < 4.78 is 11.0. The van der Waals surface area contributed by atoms with Crippen LogP contribution in [0.25, 0.3) is 0 Å². The molecule has 0 spiro atoms. The zero-order chi connectivity index (χ0) is 7.68. The van der Waals surface area contributed by atoms with Gasteiger partial charge >= 0.3 is 0 Å². The molecule has 1 heterocycles. The van der Waals surface area contributed by atoms with Gasteiger partial charge in [0, 0.05) is 0 Å². The van der Waals surface area contributed by atoms with E-state index in [4.69, 9.17) is 9.47 Å². The summed E-state index contributed by atoms with van der Waals surface area (Å²) in [5.74, 6) is 1.88. The van der Waals surface area contributed by atoms with Crippen molar-refractivity contribution in [3.8, 4) is 0 Å². The summed E-state index contributed by atoms with van der Waals surface area (Å²) >= 11 is 0. The third-order valence-corrected chi connectivity index (χ3v) is 1.87. The van der Waals surface area contributed by atoms with Crippen LogP contribution >= 0.6 is 0 Å². The van der Waals surface area contributed by atoms with Gasteiger partial charge in [0.15, 0.2) is 11.5 Å². The van der Waals surface area contributed by atoms with Gasteiger partial charge in [-0.1, -0.05) is 0 Å². The van der Waals surface area contributed by atoms with Gasteiger partial charge in [0.05, 0.1) is 0 Å². The van der Waals surface area contributed by atoms with E-state index in [1.165, 1.54) is 0 Å². The Morgan fingerprint density at radius 3 is 2.82 bits per heavy atom. The number of rotatable bonds is 0. The normalized spacial score (nSPS) is 29.0. The maximum absolute atomic E-state index is 5.56. The predicted octanol–water partition coefficient (Wildman–Crippen LogP) is 1.98. The molecule has 0 aromatic heterocycles. The zero-order valence-electron chi connectivity index (χ0n) is 6.67. The van der Waals surface area contributed by atoms with E-state index in [1.807, 2.05) is 6.92 Å². The van der Waals surface area contributed by atoms with E-state index in [0.717, 1.165) is 24.4 Å². The van der Waals surface area contributed by atoms with Crippen LogP contribution in [-0.2, 0) is 9.47 Å². The molecule has 2 rings (SSSR count). The molecule has 0 radical (unpaired) electrons. The second-order valence-electron chi connectivity index (χ2n) is 2.95. The molecule has 0 amide bonds. The molecule has 2 aliphatic rings. The van der Waals surface area contributed by atoms with E-state index in [0.29, 0.717) is 6.61 Å². The summed E-state index contributed by atoms with van der Waals surface area (Å²) in [6.07, 6.45) is 6.56. The molecule has 0 aromatic carbocycles. The van der Waals surface area contributed by atoms with E-state index in [2.05, 4.69) is 12.2 Å². The maximum Gasteiger partial charge on any atom is 0.157 e. The fourth-order valence-corrected chi connectivity index (χ4v) is 1.32. The van der Waals surface area contributed by atoms with E-state index in [-0.39, 0.29) is 6.10 Å². The van der Waals surface area contributed by atoms with Gasteiger partial charge in [-0.25, -0.2) is 0 Å². The Bertz CT molecular complexity index is 216. The Labute approximate surface area is 66.5 Å². The van der Waals surface area contributed by atoms with E-state index < -0.39 is 0 Å². The minimum atomic E-state index is 0.205. The molecule has 60 valence electrons. The van der Waals surface area contributed by atoms with E-state index >= 15 is 0 Å². The second-order valence-corrected chi connectivity index (χ2v) is 2.95. The summed E-state index contributed by atoms with van der Waals surface area (Å²) in [6, 6.07) is 0. The van der Waals surface area contributed by atoms with Crippen LogP contribution in [0.15, 0.2) is 23.7 Å². The zero-order valence-corrected chi connectivity index (χ0v) is 6.67. The molecule has 0 unspecified atom stereocenters. The van der Waals surface area contributed by atoms with Gasteiger partial charge in [0.2, 0.25) is 0 Å². The molecule has 2 nitrogen and oxygen atoms in total. The fraction of sp³-hybridized carbons (Fsp3) is 0.556. The van der Waals surface area contributed by atoms with Gasteiger partial charge in [0.1, 0.15) is 12.7 Å². The molecule has 1 aliphatic heterocycles. The minimum Gasteiger partial charge on any atom is -0.486 e. The topological polar surface area (TPSA) is 18.5 Å². The van der Waals surface area contributed by atoms with Crippen molar-refractivity contribution in [3.63, 3.8) is 0 Å². The summed E-state index contributed by atoms with van der Waals surface area (Å²) in [5.41, 5.74) is 0. The Morgan fingerprint density at radius 2 is 2.00 bits per heavy atom. The average Bonchev–Trinajstić information content (AvgIpc) is 2.04. The highest BCUT2D eigenvalue weighted by Gasteiger charge is 2.20. The molecule has 0 bridgehead atoms. The number of hydrogen-bond donors (Lipinski definition) is 0. The predicted molar refractivity (Wildman–Crippen MR) is 41.9 cm³/mol. The first-order valence-electron chi connectivity index (χ1n) is 4.06. The third-order valence-electron chi connectivity index (χ3n) is 1.87. The van der Waals surface area contributed by atoms with Crippen LogP contribution in [0.3, 0.4) is 0 Å². The van der Waals surface area contributed by atoms with Crippen molar-refractivity contribution in [1.29, 1.82) is 0 Å². The first-order valence-corrected chi connectivity index (χ1v) is 4.06. The van der Waals surface area contributed by atoms with Crippen molar-refractivity contribution < 1.29 is 9.47 Å². The highest BCUT2D eigenvalue weighted by molar-refractivity contribution is 5.25. The van der Waals surface area contributed by atoms with Crippen molar-refractivity contribution in [2.45, 2.75) is 25.9 Å². The average molecular weight is 152 g/mol. The van der Waals surface area contributed by atoms with Crippen LogP contribution in [0.5, 0.6) is 0 Å². The number of ether oxygens (including phenoxy) is 2. The molecule has 1 aliphatic carbocycles. The quantitative estimate of drug-likeness (QED) is 0.528. The van der Waals surface area contributed by atoms with Crippen LogP contribution < -0.4 is 0 Å². The third kappa shape index (κ3) is 1.25. The summed E-state index contributed by atoms with van der Waals surface area (Å²) in [7, 11) is 0. The molecule has 0 aromatic rings. The molecule has 0 saturated carbocycles. The Morgan fingerprint density at radius 1 is 1.27 bits per heavy atom. The smallest absolute Gasteiger partial charge is 0.157 e. The Kier molecular flexibility index (Phi) is 1.60. The standard InChI is InChI=1S/C9H12O2/c1-7-6-10-8-4-2-3-5-9(8)11-7/h4-5,7H,2-3,6H2,1H3/t7-/m0/s1. The largest absolute Gasteiger partial charge is 0.486 e. The number of allylic oxidation sites excluding steroid dienone is 2. The van der Waals surface area contributed by atoms with Gasteiger partial charge in [0.25, 0.3) is 0 Å².